The number of nitrogens with zero attached hydrogens (tertiary/aromatic N) is 12. The number of aryl methyl sites for hydroxylation is 3. The van der Waals surface area contributed by atoms with Gasteiger partial charge in [0, 0.05) is 69.3 Å². The number of hydrogen-bond acceptors (Lipinski definition) is 18. The van der Waals surface area contributed by atoms with Crippen molar-refractivity contribution in [1.29, 1.82) is 0 Å². The van der Waals surface area contributed by atoms with Crippen LogP contribution in [0.15, 0.2) is 118 Å². The van der Waals surface area contributed by atoms with Gasteiger partial charge in [-0.05, 0) is 36.4 Å². The van der Waals surface area contributed by atoms with E-state index in [0.717, 1.165) is 16.7 Å². The zero-order valence-electron chi connectivity index (χ0n) is 32.1. The average Bonchev–Trinajstić information content (AvgIpc) is 4.17. The van der Waals surface area contributed by atoms with Crippen LogP contribution in [-0.4, -0.2) is 60.8 Å². The Hall–Kier alpha value is -8.28. The minimum atomic E-state index is 0.212. The topological polar surface area (TPSA) is 234 Å². The van der Waals surface area contributed by atoms with Gasteiger partial charge in [-0.15, -0.1) is 0 Å². The van der Waals surface area contributed by atoms with Gasteiger partial charge in [-0.1, -0.05) is 106 Å². The normalized spacial score (nSPS) is 11.4. The second-order valence-corrected chi connectivity index (χ2v) is 13.4. The maximum Gasteiger partial charge on any atom is 0.258 e. The van der Waals surface area contributed by atoms with Crippen molar-refractivity contribution in [2.24, 2.45) is 0 Å². The molecule has 6 aromatic heterocycles. The Labute approximate surface area is 338 Å². The third-order valence-corrected chi connectivity index (χ3v) is 9.40. The molecule has 18 nitrogen and oxygen atoms in total. The number of aromatic nitrogens is 12. The highest BCUT2D eigenvalue weighted by Crippen LogP contribution is 2.35. The molecular weight excluding hydrogens is 769 g/mol. The fourth-order valence-corrected chi connectivity index (χ4v) is 6.31. The van der Waals surface area contributed by atoms with Crippen molar-refractivity contribution in [3.05, 3.63) is 109 Å². The third-order valence-electron chi connectivity index (χ3n) is 9.40. The van der Waals surface area contributed by atoms with Gasteiger partial charge in [0.1, 0.15) is 0 Å². The molecular formula is C42H30N12O6. The van der Waals surface area contributed by atoms with Gasteiger partial charge in [0.05, 0.1) is 0 Å². The molecule has 4 aromatic carbocycles. The van der Waals surface area contributed by atoms with Crippen LogP contribution < -0.4 is 0 Å². The summed E-state index contributed by atoms with van der Waals surface area (Å²) in [5, 5.41) is 25.2. The van der Waals surface area contributed by atoms with Crippen LogP contribution in [0.4, 0.5) is 0 Å². The summed E-state index contributed by atoms with van der Waals surface area (Å²) in [7, 11) is 0. The lowest BCUT2D eigenvalue weighted by atomic mass is 10.0. The van der Waals surface area contributed by atoms with Gasteiger partial charge in [-0.3, -0.25) is 0 Å². The average molecular weight is 799 g/mol. The third kappa shape index (κ3) is 7.01. The van der Waals surface area contributed by atoms with Gasteiger partial charge >= 0.3 is 0 Å². The summed E-state index contributed by atoms with van der Waals surface area (Å²) >= 11 is 0. The lowest BCUT2D eigenvalue weighted by molar-refractivity contribution is 0.382. The molecule has 294 valence electrons. The summed E-state index contributed by atoms with van der Waals surface area (Å²) in [6, 6.07) is 27.9. The van der Waals surface area contributed by atoms with E-state index in [1.54, 1.807) is 18.2 Å². The van der Waals surface area contributed by atoms with E-state index in [1.807, 2.05) is 93.6 Å². The molecule has 10 rings (SSSR count). The Morgan fingerprint density at radius 2 is 0.533 bits per heavy atom. The van der Waals surface area contributed by atoms with Crippen LogP contribution in [0.3, 0.4) is 0 Å². The molecule has 60 heavy (non-hydrogen) atoms. The maximum atomic E-state index is 5.85. The molecule has 18 heteroatoms. The van der Waals surface area contributed by atoms with E-state index in [4.69, 9.17) is 42.1 Å². The Kier molecular flexibility index (Phi) is 9.16. The van der Waals surface area contributed by atoms with Gasteiger partial charge in [-0.25, -0.2) is 0 Å². The van der Waals surface area contributed by atoms with Crippen LogP contribution in [-0.2, 0) is 19.3 Å². The second-order valence-electron chi connectivity index (χ2n) is 13.4. The summed E-state index contributed by atoms with van der Waals surface area (Å²) < 4.78 is 33.5. The zero-order chi connectivity index (χ0) is 40.6. The fraction of sp³-hybridized carbons (Fsp3) is 0.143. The van der Waals surface area contributed by atoms with Crippen molar-refractivity contribution in [3.63, 3.8) is 0 Å². The predicted octanol–water partition coefficient (Wildman–Crippen LogP) is 8.67. The van der Waals surface area contributed by atoms with E-state index in [2.05, 4.69) is 45.9 Å². The van der Waals surface area contributed by atoms with Crippen molar-refractivity contribution in [3.8, 4) is 103 Å². The molecule has 0 spiro atoms. The summed E-state index contributed by atoms with van der Waals surface area (Å²) in [6.07, 6.45) is 1.88. The van der Waals surface area contributed by atoms with Crippen LogP contribution in [0.25, 0.3) is 103 Å². The van der Waals surface area contributed by atoms with E-state index < -0.39 is 0 Å². The number of benzene rings is 4. The van der Waals surface area contributed by atoms with Gasteiger partial charge in [0.15, 0.2) is 0 Å². The standard InChI is InChI=1S/C42H30N12O6/c1-4-31-43-34(49-55-31)22-10-7-13-25(16-22)37-46-40(58-52-37)28-19-29(41-47-38(53-59-41)26-14-8-11-23(17-26)35-44-32(5-2)56-50-35)21-30(20-28)42-48-39(54-60-42)27-15-9-12-24(18-27)36-45-33(6-3)57-51-36/h7-21H,4-6H2,1-3H3. The first-order valence-electron chi connectivity index (χ1n) is 19.0. The summed E-state index contributed by atoms with van der Waals surface area (Å²) in [6.45, 7) is 5.84. The van der Waals surface area contributed by atoms with Crippen LogP contribution in [0, 0.1) is 0 Å². The molecule has 0 saturated heterocycles. The molecule has 10 aromatic rings. The van der Waals surface area contributed by atoms with Gasteiger partial charge in [-0.2, -0.15) is 29.9 Å². The largest absolute Gasteiger partial charge is 0.339 e. The summed E-state index contributed by atoms with van der Waals surface area (Å²) in [5.41, 5.74) is 5.88. The van der Waals surface area contributed by atoms with Crippen LogP contribution in [0.2, 0.25) is 0 Å². The first-order chi connectivity index (χ1) is 29.5. The van der Waals surface area contributed by atoms with Crippen molar-refractivity contribution >= 4 is 0 Å². The predicted molar refractivity (Wildman–Crippen MR) is 211 cm³/mol. The molecule has 0 fully saturated rings. The molecule has 0 aliphatic rings. The molecule has 0 bridgehead atoms. The first-order valence-corrected chi connectivity index (χ1v) is 19.0. The highest BCUT2D eigenvalue weighted by molar-refractivity contribution is 5.76. The highest BCUT2D eigenvalue weighted by Gasteiger charge is 2.21. The van der Waals surface area contributed by atoms with E-state index in [-0.39, 0.29) is 17.7 Å². The summed E-state index contributed by atoms with van der Waals surface area (Å²) in [4.78, 5) is 27.6. The zero-order valence-corrected chi connectivity index (χ0v) is 32.1. The van der Waals surface area contributed by atoms with E-state index >= 15 is 0 Å². The van der Waals surface area contributed by atoms with Crippen molar-refractivity contribution < 1.29 is 27.1 Å². The molecule has 6 heterocycles. The quantitative estimate of drug-likeness (QED) is 0.112. The lowest BCUT2D eigenvalue weighted by Gasteiger charge is -2.03. The molecule has 0 atom stereocenters. The lowest BCUT2D eigenvalue weighted by Crippen LogP contribution is -1.89. The molecule has 0 amide bonds. The molecule has 0 unspecified atom stereocenters. The van der Waals surface area contributed by atoms with Crippen molar-refractivity contribution in [1.82, 2.24) is 60.8 Å². The molecule has 0 aliphatic heterocycles. The van der Waals surface area contributed by atoms with Gasteiger partial charge in [0.2, 0.25) is 52.6 Å². The van der Waals surface area contributed by atoms with E-state index in [9.17, 15) is 0 Å². The van der Waals surface area contributed by atoms with Crippen LogP contribution in [0.1, 0.15) is 38.4 Å². The van der Waals surface area contributed by atoms with Crippen molar-refractivity contribution in [2.45, 2.75) is 40.0 Å². The SMILES string of the molecule is CCc1nc(-c2cccc(-c3noc(-c4cc(-c5nc(-c6cccc(-c7noc(CC)n7)c6)no5)cc(-c5nc(-c6cccc(-c7noc(CC)n7)c6)no5)c4)n3)c2)no1. The van der Waals surface area contributed by atoms with Gasteiger partial charge in [0.25, 0.3) is 17.7 Å². The molecule has 0 radical (unpaired) electrons. The van der Waals surface area contributed by atoms with Crippen LogP contribution in [0.5, 0.6) is 0 Å². The Morgan fingerprint density at radius 3 is 0.783 bits per heavy atom. The highest BCUT2D eigenvalue weighted by atomic mass is 16.5. The summed E-state index contributed by atoms with van der Waals surface area (Å²) in [5.74, 6) is 4.69. The van der Waals surface area contributed by atoms with Crippen molar-refractivity contribution in [2.75, 3.05) is 0 Å². The number of hydrogen-bond donors (Lipinski definition) is 0. The Morgan fingerprint density at radius 1 is 0.300 bits per heavy atom. The second kappa shape index (κ2) is 15.2. The first kappa shape index (κ1) is 36.1. The minimum Gasteiger partial charge on any atom is -0.339 e. The smallest absolute Gasteiger partial charge is 0.258 e. The maximum absolute atomic E-state index is 5.85. The molecule has 0 aliphatic carbocycles. The Bertz CT molecular complexity index is 2780. The van der Waals surface area contributed by atoms with Crippen LogP contribution >= 0.6 is 0 Å². The van der Waals surface area contributed by atoms with E-state index in [1.165, 1.54) is 0 Å². The molecule has 0 N–H and O–H groups in total. The fourth-order valence-electron chi connectivity index (χ4n) is 6.31. The van der Waals surface area contributed by atoms with E-state index in [0.29, 0.717) is 105 Å². The number of rotatable bonds is 12. The monoisotopic (exact) mass is 798 g/mol. The molecule has 0 saturated carbocycles. The Balaban J connectivity index is 1.02. The minimum absolute atomic E-state index is 0.212. The van der Waals surface area contributed by atoms with Gasteiger partial charge < -0.3 is 27.1 Å².